The summed E-state index contributed by atoms with van der Waals surface area (Å²) in [4.78, 5) is 23.2. The Balaban J connectivity index is 0.00000450. The number of carbonyl (C=O) groups excluding carboxylic acids is 1. The van der Waals surface area contributed by atoms with Crippen molar-refractivity contribution < 1.29 is 9.53 Å². The molecule has 176 valence electrons. The normalized spacial score (nSPS) is 21.3. The Morgan fingerprint density at radius 1 is 1.20 bits per heavy atom. The highest BCUT2D eigenvalue weighted by atomic mass is 127. The quantitative estimate of drug-likeness (QED) is 0.189. The van der Waals surface area contributed by atoms with Crippen molar-refractivity contribution in [1.29, 1.82) is 0 Å². The molecule has 0 aliphatic carbocycles. The lowest BCUT2D eigenvalue weighted by molar-refractivity contribution is -0.127. The Hall–Kier alpha value is -0.650. The largest absolute Gasteiger partial charge is 0.385 e. The molecule has 8 nitrogen and oxygen atoms in total. The zero-order chi connectivity index (χ0) is 21.1. The molecule has 30 heavy (non-hydrogen) atoms. The van der Waals surface area contributed by atoms with Crippen LogP contribution in [0.5, 0.6) is 0 Å². The first kappa shape index (κ1) is 27.4. The molecule has 2 aliphatic heterocycles. The number of nitrogens with one attached hydrogen (secondary N) is 2. The topological polar surface area (TPSA) is 72.4 Å². The average Bonchev–Trinajstić information content (AvgIpc) is 3.18. The number of ether oxygens (including phenoxy) is 1. The van der Waals surface area contributed by atoms with Crippen molar-refractivity contribution in [1.82, 2.24) is 25.3 Å². The lowest BCUT2D eigenvalue weighted by Crippen LogP contribution is -2.51. The van der Waals surface area contributed by atoms with Crippen LogP contribution >= 0.6 is 24.0 Å². The SMILES string of the molecule is CCN1CCCC1CNC(=NCC(=O)N(C)C)NC1CCN(CCCOC)CC1.I. The second-order valence-corrected chi connectivity index (χ2v) is 8.37. The number of likely N-dealkylation sites (N-methyl/N-ethyl adjacent to an activating group) is 2. The number of likely N-dealkylation sites (tertiary alicyclic amines) is 2. The van der Waals surface area contributed by atoms with E-state index in [4.69, 9.17) is 4.74 Å². The van der Waals surface area contributed by atoms with Gasteiger partial charge in [-0.05, 0) is 45.2 Å². The highest BCUT2D eigenvalue weighted by molar-refractivity contribution is 14.0. The number of carbonyl (C=O) groups is 1. The Morgan fingerprint density at radius 3 is 2.57 bits per heavy atom. The Labute approximate surface area is 200 Å². The molecule has 2 heterocycles. The van der Waals surface area contributed by atoms with E-state index in [1.807, 2.05) is 0 Å². The van der Waals surface area contributed by atoms with Crippen molar-refractivity contribution in [3.63, 3.8) is 0 Å². The minimum Gasteiger partial charge on any atom is -0.385 e. The zero-order valence-corrected chi connectivity index (χ0v) is 21.7. The summed E-state index contributed by atoms with van der Waals surface area (Å²) < 4.78 is 5.16. The molecule has 2 rings (SSSR count). The molecule has 2 N–H and O–H groups in total. The lowest BCUT2D eigenvalue weighted by atomic mass is 10.1. The third-order valence-corrected chi connectivity index (χ3v) is 6.03. The number of piperidine rings is 1. The summed E-state index contributed by atoms with van der Waals surface area (Å²) in [6.45, 7) is 9.68. The van der Waals surface area contributed by atoms with Crippen molar-refractivity contribution in [2.24, 2.45) is 4.99 Å². The van der Waals surface area contributed by atoms with Crippen LogP contribution in [0.4, 0.5) is 0 Å². The standard InChI is InChI=1S/C21H42N6O2.HI/c1-5-27-12-6-8-19(27)16-22-21(23-17-20(28)25(2)3)24-18-9-13-26(14-10-18)11-7-15-29-4;/h18-19H,5-17H2,1-4H3,(H2,22,23,24);1H. The molecule has 1 amide bonds. The number of guanidine groups is 1. The van der Waals surface area contributed by atoms with E-state index in [0.717, 1.165) is 64.6 Å². The number of nitrogens with zero attached hydrogens (tertiary/aromatic N) is 4. The van der Waals surface area contributed by atoms with Gasteiger partial charge in [0.25, 0.3) is 0 Å². The first-order valence-corrected chi connectivity index (χ1v) is 11.2. The van der Waals surface area contributed by atoms with Crippen molar-refractivity contribution in [2.45, 2.75) is 51.1 Å². The number of amides is 1. The molecule has 9 heteroatoms. The summed E-state index contributed by atoms with van der Waals surface area (Å²) in [5.41, 5.74) is 0. The van der Waals surface area contributed by atoms with Crippen LogP contribution in [-0.2, 0) is 9.53 Å². The number of aliphatic imine (C=N–C) groups is 1. The van der Waals surface area contributed by atoms with E-state index in [-0.39, 0.29) is 36.4 Å². The summed E-state index contributed by atoms with van der Waals surface area (Å²) >= 11 is 0. The molecule has 0 aromatic carbocycles. The Bertz CT molecular complexity index is 512. The minimum atomic E-state index is 0. The fourth-order valence-corrected chi connectivity index (χ4v) is 4.12. The van der Waals surface area contributed by atoms with E-state index >= 15 is 0 Å². The van der Waals surface area contributed by atoms with Crippen LogP contribution in [0.3, 0.4) is 0 Å². The van der Waals surface area contributed by atoms with Gasteiger partial charge in [-0.15, -0.1) is 24.0 Å². The van der Waals surface area contributed by atoms with Crippen LogP contribution in [0.2, 0.25) is 0 Å². The van der Waals surface area contributed by atoms with Gasteiger partial charge >= 0.3 is 0 Å². The van der Waals surface area contributed by atoms with Crippen LogP contribution in [0.25, 0.3) is 0 Å². The predicted molar refractivity (Wildman–Crippen MR) is 134 cm³/mol. The van der Waals surface area contributed by atoms with E-state index in [9.17, 15) is 4.79 Å². The van der Waals surface area contributed by atoms with Crippen LogP contribution in [0.15, 0.2) is 4.99 Å². The highest BCUT2D eigenvalue weighted by Crippen LogP contribution is 2.15. The minimum absolute atomic E-state index is 0. The van der Waals surface area contributed by atoms with Crippen LogP contribution in [-0.4, -0.2) is 112 Å². The van der Waals surface area contributed by atoms with Gasteiger partial charge in [0.1, 0.15) is 6.54 Å². The van der Waals surface area contributed by atoms with Crippen LogP contribution in [0, 0.1) is 0 Å². The predicted octanol–water partition coefficient (Wildman–Crippen LogP) is 1.21. The molecule has 0 saturated carbocycles. The van der Waals surface area contributed by atoms with Gasteiger partial charge in [0.2, 0.25) is 5.91 Å². The third-order valence-electron chi connectivity index (χ3n) is 6.03. The van der Waals surface area contributed by atoms with E-state index in [1.54, 1.807) is 26.1 Å². The van der Waals surface area contributed by atoms with E-state index < -0.39 is 0 Å². The van der Waals surface area contributed by atoms with Gasteiger partial charge in [0, 0.05) is 66.1 Å². The van der Waals surface area contributed by atoms with Crippen molar-refractivity contribution in [3.05, 3.63) is 0 Å². The second-order valence-electron chi connectivity index (χ2n) is 8.37. The Morgan fingerprint density at radius 2 is 1.93 bits per heavy atom. The van der Waals surface area contributed by atoms with Crippen molar-refractivity contribution in [2.75, 3.05) is 73.6 Å². The molecule has 0 aromatic rings. The fraction of sp³-hybridized carbons (Fsp3) is 0.905. The number of halogens is 1. The van der Waals surface area contributed by atoms with Gasteiger partial charge in [-0.1, -0.05) is 6.92 Å². The monoisotopic (exact) mass is 538 g/mol. The van der Waals surface area contributed by atoms with Crippen molar-refractivity contribution >= 4 is 35.8 Å². The van der Waals surface area contributed by atoms with Gasteiger partial charge < -0.3 is 25.2 Å². The molecule has 2 saturated heterocycles. The number of hydrogen-bond donors (Lipinski definition) is 2. The molecular formula is C21H43IN6O2. The number of hydrogen-bond acceptors (Lipinski definition) is 5. The fourth-order valence-electron chi connectivity index (χ4n) is 4.12. The maximum Gasteiger partial charge on any atom is 0.243 e. The van der Waals surface area contributed by atoms with Gasteiger partial charge in [0.15, 0.2) is 5.96 Å². The maximum atomic E-state index is 12.0. The molecule has 1 unspecified atom stereocenters. The first-order valence-electron chi connectivity index (χ1n) is 11.2. The van der Waals surface area contributed by atoms with Crippen molar-refractivity contribution in [3.8, 4) is 0 Å². The van der Waals surface area contributed by atoms with Gasteiger partial charge in [-0.25, -0.2) is 4.99 Å². The third kappa shape index (κ3) is 9.65. The molecule has 2 fully saturated rings. The van der Waals surface area contributed by atoms with Crippen LogP contribution < -0.4 is 10.6 Å². The molecule has 1 atom stereocenters. The zero-order valence-electron chi connectivity index (χ0n) is 19.4. The summed E-state index contributed by atoms with van der Waals surface area (Å²) in [7, 11) is 5.31. The van der Waals surface area contributed by atoms with Gasteiger partial charge in [-0.2, -0.15) is 0 Å². The van der Waals surface area contributed by atoms with Gasteiger partial charge in [-0.3, -0.25) is 9.69 Å². The molecule has 0 radical (unpaired) electrons. The van der Waals surface area contributed by atoms with Crippen LogP contribution in [0.1, 0.15) is 39.0 Å². The molecule has 0 bridgehead atoms. The summed E-state index contributed by atoms with van der Waals surface area (Å²) in [5, 5.41) is 7.11. The summed E-state index contributed by atoms with van der Waals surface area (Å²) in [6, 6.07) is 0.958. The average molecular weight is 539 g/mol. The van der Waals surface area contributed by atoms with E-state index in [2.05, 4.69) is 32.3 Å². The van der Waals surface area contributed by atoms with E-state index in [0.29, 0.717) is 12.1 Å². The number of rotatable bonds is 10. The molecule has 0 aromatic heterocycles. The summed E-state index contributed by atoms with van der Waals surface area (Å²) in [5.74, 6) is 0.802. The molecular weight excluding hydrogens is 495 g/mol. The maximum absolute atomic E-state index is 12.0. The molecule has 0 spiro atoms. The lowest BCUT2D eigenvalue weighted by Gasteiger charge is -2.33. The Kier molecular flexibility index (Phi) is 13.9. The smallest absolute Gasteiger partial charge is 0.243 e. The first-order chi connectivity index (χ1) is 14.0. The molecule has 2 aliphatic rings. The van der Waals surface area contributed by atoms with E-state index in [1.165, 1.54) is 19.4 Å². The highest BCUT2D eigenvalue weighted by Gasteiger charge is 2.24. The second kappa shape index (κ2) is 15.2. The number of methoxy groups -OCH3 is 1. The van der Waals surface area contributed by atoms with Gasteiger partial charge in [0.05, 0.1) is 0 Å². The summed E-state index contributed by atoms with van der Waals surface area (Å²) in [6.07, 6.45) is 5.77.